The second-order valence-electron chi connectivity index (χ2n) is 10.3. The van der Waals surface area contributed by atoms with Gasteiger partial charge in [0.25, 0.3) is 0 Å². The standard InChI is InChI=1S/C33H38N4S/c1-25-10-14-30(15-11-28-8-6-5-7-9-28)31(20-25)24-37-26(2)21-33(34-37)36-19-18-35(22-27(36)3)23-29-12-16-32(38-4)17-13-29/h5-10,12-14,16-17,20-21H,3,11,15,18-19,22-24H2,1-2,4H3. The molecule has 0 aliphatic carbocycles. The van der Waals surface area contributed by atoms with Crippen LogP contribution in [0.2, 0.25) is 0 Å². The van der Waals surface area contributed by atoms with Crippen molar-refractivity contribution in [2.75, 3.05) is 30.8 Å². The Kier molecular flexibility index (Phi) is 8.35. The summed E-state index contributed by atoms with van der Waals surface area (Å²) in [7, 11) is 0. The fraction of sp³-hybridized carbons (Fsp3) is 0.303. The van der Waals surface area contributed by atoms with Gasteiger partial charge in [-0.2, -0.15) is 5.10 Å². The van der Waals surface area contributed by atoms with Gasteiger partial charge in [-0.15, -0.1) is 11.8 Å². The predicted octanol–water partition coefficient (Wildman–Crippen LogP) is 6.89. The molecule has 0 bridgehead atoms. The molecule has 196 valence electrons. The largest absolute Gasteiger partial charge is 0.327 e. The first-order chi connectivity index (χ1) is 18.5. The van der Waals surface area contributed by atoms with Crippen molar-refractivity contribution in [1.82, 2.24) is 14.7 Å². The van der Waals surface area contributed by atoms with Gasteiger partial charge in [-0.1, -0.05) is 72.8 Å². The monoisotopic (exact) mass is 522 g/mol. The third kappa shape index (κ3) is 6.40. The Morgan fingerprint density at radius 1 is 0.816 bits per heavy atom. The van der Waals surface area contributed by atoms with Gasteiger partial charge in [0.15, 0.2) is 5.82 Å². The summed E-state index contributed by atoms with van der Waals surface area (Å²) in [6, 6.07) is 28.7. The van der Waals surface area contributed by atoms with Crippen LogP contribution in [0.15, 0.2) is 96.0 Å². The molecular formula is C33H38N4S. The molecule has 0 atom stereocenters. The van der Waals surface area contributed by atoms with Crippen LogP contribution in [0.25, 0.3) is 0 Å². The van der Waals surface area contributed by atoms with Crippen molar-refractivity contribution in [3.63, 3.8) is 0 Å². The summed E-state index contributed by atoms with van der Waals surface area (Å²) in [4.78, 5) is 6.08. The summed E-state index contributed by atoms with van der Waals surface area (Å²) >= 11 is 1.78. The molecule has 4 aromatic rings. The lowest BCUT2D eigenvalue weighted by atomic mass is 9.98. The molecule has 0 radical (unpaired) electrons. The van der Waals surface area contributed by atoms with Crippen molar-refractivity contribution in [3.8, 4) is 0 Å². The Hall–Kier alpha value is -3.28. The summed E-state index contributed by atoms with van der Waals surface area (Å²) in [5.74, 6) is 1.01. The van der Waals surface area contributed by atoms with Crippen LogP contribution in [0.5, 0.6) is 0 Å². The maximum Gasteiger partial charge on any atom is 0.155 e. The van der Waals surface area contributed by atoms with E-state index in [0.717, 1.165) is 57.1 Å². The highest BCUT2D eigenvalue weighted by Gasteiger charge is 2.23. The third-order valence-corrected chi connectivity index (χ3v) is 8.19. The van der Waals surface area contributed by atoms with E-state index in [9.17, 15) is 0 Å². The molecule has 4 nitrogen and oxygen atoms in total. The number of rotatable bonds is 9. The SMILES string of the molecule is C=C1CN(Cc2ccc(SC)cc2)CCN1c1cc(C)n(Cc2cc(C)ccc2CCc2ccccc2)n1. The maximum absolute atomic E-state index is 5.06. The van der Waals surface area contributed by atoms with Gasteiger partial charge in [0.2, 0.25) is 0 Å². The van der Waals surface area contributed by atoms with Crippen molar-refractivity contribution in [2.24, 2.45) is 0 Å². The molecule has 1 aliphatic rings. The zero-order valence-corrected chi connectivity index (χ0v) is 23.7. The number of hydrogen-bond acceptors (Lipinski definition) is 4. The molecule has 1 fully saturated rings. The molecule has 0 saturated carbocycles. The van der Waals surface area contributed by atoms with E-state index in [1.165, 1.54) is 38.4 Å². The van der Waals surface area contributed by atoms with Crippen molar-refractivity contribution in [1.29, 1.82) is 0 Å². The first-order valence-electron chi connectivity index (χ1n) is 13.5. The zero-order chi connectivity index (χ0) is 26.5. The topological polar surface area (TPSA) is 24.3 Å². The minimum atomic E-state index is 0.788. The van der Waals surface area contributed by atoms with Crippen molar-refractivity contribution in [3.05, 3.63) is 125 Å². The average Bonchev–Trinajstić information content (AvgIpc) is 3.28. The van der Waals surface area contributed by atoms with Gasteiger partial charge in [0.05, 0.1) is 6.54 Å². The molecular weight excluding hydrogens is 484 g/mol. The van der Waals surface area contributed by atoms with Crippen LogP contribution in [-0.2, 0) is 25.9 Å². The van der Waals surface area contributed by atoms with Crippen LogP contribution in [-0.4, -0.2) is 40.6 Å². The molecule has 1 aliphatic heterocycles. The molecule has 0 unspecified atom stereocenters. The predicted molar refractivity (Wildman–Crippen MR) is 161 cm³/mol. The van der Waals surface area contributed by atoms with Gasteiger partial charge < -0.3 is 4.90 Å². The van der Waals surface area contributed by atoms with E-state index in [-0.39, 0.29) is 0 Å². The van der Waals surface area contributed by atoms with E-state index < -0.39 is 0 Å². The molecule has 0 spiro atoms. The smallest absolute Gasteiger partial charge is 0.155 e. The second-order valence-corrected chi connectivity index (χ2v) is 11.2. The highest BCUT2D eigenvalue weighted by atomic mass is 32.2. The highest BCUT2D eigenvalue weighted by molar-refractivity contribution is 7.98. The minimum Gasteiger partial charge on any atom is -0.327 e. The molecule has 0 amide bonds. The van der Waals surface area contributed by atoms with Crippen molar-refractivity contribution >= 4 is 17.6 Å². The number of aryl methyl sites for hydroxylation is 4. The minimum absolute atomic E-state index is 0.788. The van der Waals surface area contributed by atoms with Gasteiger partial charge in [0.1, 0.15) is 0 Å². The number of thioether (sulfide) groups is 1. The van der Waals surface area contributed by atoms with Crippen LogP contribution < -0.4 is 4.90 Å². The lowest BCUT2D eigenvalue weighted by Gasteiger charge is -2.36. The van der Waals surface area contributed by atoms with Crippen LogP contribution in [0.4, 0.5) is 5.82 Å². The Labute approximate surface area is 232 Å². The lowest BCUT2D eigenvalue weighted by molar-refractivity contribution is 0.271. The highest BCUT2D eigenvalue weighted by Crippen LogP contribution is 2.25. The Balaban J connectivity index is 1.25. The zero-order valence-electron chi connectivity index (χ0n) is 22.9. The van der Waals surface area contributed by atoms with E-state index in [2.05, 4.69) is 120 Å². The number of hydrogen-bond donors (Lipinski definition) is 0. The molecule has 5 rings (SSSR count). The van der Waals surface area contributed by atoms with E-state index in [0.29, 0.717) is 0 Å². The third-order valence-electron chi connectivity index (χ3n) is 7.45. The van der Waals surface area contributed by atoms with Crippen molar-refractivity contribution in [2.45, 2.75) is 44.7 Å². The average molecular weight is 523 g/mol. The normalized spacial score (nSPS) is 14.3. The van der Waals surface area contributed by atoms with E-state index in [1.807, 2.05) is 0 Å². The molecule has 3 aromatic carbocycles. The van der Waals surface area contributed by atoms with E-state index in [1.54, 1.807) is 11.8 Å². The van der Waals surface area contributed by atoms with Gasteiger partial charge in [-0.05, 0) is 67.3 Å². The van der Waals surface area contributed by atoms with Crippen LogP contribution >= 0.6 is 11.8 Å². The molecule has 0 N–H and O–H groups in total. The summed E-state index contributed by atoms with van der Waals surface area (Å²) in [5.41, 5.74) is 9.08. The van der Waals surface area contributed by atoms with Crippen LogP contribution in [0.1, 0.15) is 33.5 Å². The first kappa shape index (κ1) is 26.3. The van der Waals surface area contributed by atoms with Gasteiger partial charge in [0, 0.05) is 48.5 Å². The number of anilines is 1. The fourth-order valence-electron chi connectivity index (χ4n) is 5.24. The fourth-order valence-corrected chi connectivity index (χ4v) is 5.65. The lowest BCUT2D eigenvalue weighted by Crippen LogP contribution is -2.44. The van der Waals surface area contributed by atoms with Crippen LogP contribution in [0, 0.1) is 13.8 Å². The molecule has 1 saturated heterocycles. The summed E-state index contributed by atoms with van der Waals surface area (Å²) < 4.78 is 2.16. The summed E-state index contributed by atoms with van der Waals surface area (Å²) in [6.07, 6.45) is 4.20. The number of benzene rings is 3. The first-order valence-corrected chi connectivity index (χ1v) is 14.7. The summed E-state index contributed by atoms with van der Waals surface area (Å²) in [6.45, 7) is 13.3. The quantitative estimate of drug-likeness (QED) is 0.223. The molecule has 1 aromatic heterocycles. The van der Waals surface area contributed by atoms with Crippen molar-refractivity contribution < 1.29 is 0 Å². The van der Waals surface area contributed by atoms with Crippen LogP contribution in [0.3, 0.4) is 0 Å². The van der Waals surface area contributed by atoms with Gasteiger partial charge >= 0.3 is 0 Å². The molecule has 38 heavy (non-hydrogen) atoms. The van der Waals surface area contributed by atoms with Gasteiger partial charge in [-0.3, -0.25) is 9.58 Å². The molecule has 5 heteroatoms. The number of piperazine rings is 1. The van der Waals surface area contributed by atoms with E-state index >= 15 is 0 Å². The number of nitrogens with zero attached hydrogens (tertiary/aromatic N) is 4. The Morgan fingerprint density at radius 2 is 1.61 bits per heavy atom. The number of aromatic nitrogens is 2. The molecule has 2 heterocycles. The van der Waals surface area contributed by atoms with E-state index in [4.69, 9.17) is 5.10 Å². The summed E-state index contributed by atoms with van der Waals surface area (Å²) in [5, 5.41) is 5.06. The maximum atomic E-state index is 5.06. The van der Waals surface area contributed by atoms with Gasteiger partial charge in [-0.25, -0.2) is 0 Å². The second kappa shape index (κ2) is 12.1. The Bertz CT molecular complexity index is 1370. The Morgan fingerprint density at radius 3 is 2.34 bits per heavy atom.